The number of nitrogen functional groups attached to an aromatic ring is 1. The zero-order valence-corrected chi connectivity index (χ0v) is 17.1. The molecule has 13 heteroatoms. The van der Waals surface area contributed by atoms with E-state index < -0.39 is 41.3 Å². The number of ether oxygens (including phenoxy) is 1. The Hall–Kier alpha value is -2.38. The van der Waals surface area contributed by atoms with E-state index in [1.54, 1.807) is 12.1 Å². The molecule has 1 aromatic carbocycles. The van der Waals surface area contributed by atoms with E-state index in [2.05, 4.69) is 15.0 Å². The number of hydrogen-bond acceptors (Lipinski definition) is 9. The number of aliphatic hydroxyl groups excluding tert-OH is 1. The molecule has 0 spiro atoms. The molecule has 2 aromatic heterocycles. The number of alkyl halides is 1. The van der Waals surface area contributed by atoms with Crippen LogP contribution >= 0.6 is 11.6 Å². The molecule has 1 aliphatic heterocycles. The van der Waals surface area contributed by atoms with Crippen molar-refractivity contribution in [2.75, 3.05) is 12.3 Å². The number of imidazole rings is 1. The summed E-state index contributed by atoms with van der Waals surface area (Å²) < 4.78 is 51.2. The molecule has 10 nitrogen and oxygen atoms in total. The minimum absolute atomic E-state index is 0.00165. The number of nitrogens with zero attached hydrogens (tertiary/aromatic N) is 4. The van der Waals surface area contributed by atoms with Crippen LogP contribution in [0.4, 0.5) is 10.2 Å². The third-order valence-electron chi connectivity index (χ3n) is 4.69. The van der Waals surface area contributed by atoms with Gasteiger partial charge >= 0.3 is 0 Å². The van der Waals surface area contributed by atoms with Crippen molar-refractivity contribution in [3.63, 3.8) is 0 Å². The van der Waals surface area contributed by atoms with Gasteiger partial charge in [0.2, 0.25) is 5.28 Å². The third kappa shape index (κ3) is 3.72. The molecular weight excluding hydrogens is 441 g/mol. The average molecular weight is 458 g/mol. The second kappa shape index (κ2) is 7.71. The van der Waals surface area contributed by atoms with E-state index in [0.29, 0.717) is 0 Å². The van der Waals surface area contributed by atoms with Crippen LogP contribution in [0.15, 0.2) is 35.5 Å². The summed E-state index contributed by atoms with van der Waals surface area (Å²) in [5.41, 5.74) is 6.91. The zero-order valence-electron chi connectivity index (χ0n) is 15.5. The predicted molar refractivity (Wildman–Crippen MR) is 104 cm³/mol. The van der Waals surface area contributed by atoms with Crippen molar-refractivity contribution >= 4 is 38.7 Å². The number of aromatic nitrogens is 4. The number of aryl methyl sites for hydroxylation is 1. The van der Waals surface area contributed by atoms with Crippen molar-refractivity contribution in [1.29, 1.82) is 0 Å². The van der Waals surface area contributed by atoms with Crippen molar-refractivity contribution in [2.45, 2.75) is 36.4 Å². The Morgan fingerprint density at radius 2 is 2.03 bits per heavy atom. The highest BCUT2D eigenvalue weighted by atomic mass is 35.5. The summed E-state index contributed by atoms with van der Waals surface area (Å²) in [7, 11) is -4.11. The Kier molecular flexibility index (Phi) is 5.36. The minimum Gasteiger partial charge on any atom is -0.387 e. The first-order valence-electron chi connectivity index (χ1n) is 8.76. The number of rotatable bonds is 5. The Labute approximate surface area is 175 Å². The van der Waals surface area contributed by atoms with E-state index in [9.17, 15) is 17.9 Å². The van der Waals surface area contributed by atoms with Gasteiger partial charge in [-0.3, -0.25) is 8.75 Å². The summed E-state index contributed by atoms with van der Waals surface area (Å²) in [6.45, 7) is 1.23. The van der Waals surface area contributed by atoms with Gasteiger partial charge in [-0.2, -0.15) is 18.4 Å². The SMILES string of the molecule is Cc1ccc(S(=O)(=O)OC[C@H]2O[C@@H](n3cnc4c(N)nc(Cl)nc43)[C@@H](F)[C@@H]2O)cc1. The maximum atomic E-state index is 14.8. The molecule has 3 heterocycles. The fourth-order valence-corrected chi connectivity index (χ4v) is 4.18. The minimum atomic E-state index is -4.11. The molecule has 1 fully saturated rings. The van der Waals surface area contributed by atoms with Crippen LogP contribution in [-0.4, -0.2) is 58.0 Å². The van der Waals surface area contributed by atoms with Crippen LogP contribution < -0.4 is 5.73 Å². The number of halogens is 2. The zero-order chi connectivity index (χ0) is 21.6. The lowest BCUT2D eigenvalue weighted by Gasteiger charge is -2.15. The molecule has 0 aliphatic carbocycles. The molecule has 0 amide bonds. The number of aliphatic hydroxyl groups is 1. The summed E-state index contributed by atoms with van der Waals surface area (Å²) in [5, 5.41) is 10.1. The van der Waals surface area contributed by atoms with E-state index in [1.165, 1.54) is 23.0 Å². The van der Waals surface area contributed by atoms with Crippen molar-refractivity contribution in [3.8, 4) is 0 Å². The molecule has 160 valence electrons. The quantitative estimate of drug-likeness (QED) is 0.429. The van der Waals surface area contributed by atoms with Gasteiger partial charge in [-0.15, -0.1) is 0 Å². The van der Waals surface area contributed by atoms with E-state index in [1.807, 2.05) is 6.92 Å². The van der Waals surface area contributed by atoms with Crippen LogP contribution in [0, 0.1) is 6.92 Å². The van der Waals surface area contributed by atoms with Crippen LogP contribution in [0.5, 0.6) is 0 Å². The monoisotopic (exact) mass is 457 g/mol. The van der Waals surface area contributed by atoms with Gasteiger partial charge in [0, 0.05) is 0 Å². The number of benzene rings is 1. The van der Waals surface area contributed by atoms with E-state index in [4.69, 9.17) is 26.3 Å². The topological polar surface area (TPSA) is 142 Å². The maximum Gasteiger partial charge on any atom is 0.297 e. The number of nitrogens with two attached hydrogens (primary N) is 1. The molecule has 1 saturated heterocycles. The standard InChI is InChI=1S/C17H17ClFN5O5S/c1-8-2-4-9(5-3-8)30(26,27)28-6-10-13(25)11(19)16(29-10)24-7-21-12-14(20)22-17(18)23-15(12)24/h2-5,7,10-11,13,16,25H,6H2,1H3,(H2,20,22,23)/t10-,11+,13-,16-/m1/s1. The highest BCUT2D eigenvalue weighted by molar-refractivity contribution is 7.86. The maximum absolute atomic E-state index is 14.8. The second-order valence-electron chi connectivity index (χ2n) is 6.75. The van der Waals surface area contributed by atoms with Crippen molar-refractivity contribution in [3.05, 3.63) is 41.4 Å². The molecule has 3 N–H and O–H groups in total. The molecule has 0 saturated carbocycles. The Balaban J connectivity index is 1.53. The molecular formula is C17H17ClFN5O5S. The number of hydrogen-bond donors (Lipinski definition) is 2. The molecule has 0 radical (unpaired) electrons. The molecule has 30 heavy (non-hydrogen) atoms. The van der Waals surface area contributed by atoms with Gasteiger partial charge in [-0.25, -0.2) is 9.37 Å². The fourth-order valence-electron chi connectivity index (χ4n) is 3.09. The van der Waals surface area contributed by atoms with Crippen LogP contribution in [0.3, 0.4) is 0 Å². The lowest BCUT2D eigenvalue weighted by molar-refractivity contribution is -0.0403. The first-order valence-corrected chi connectivity index (χ1v) is 10.6. The average Bonchev–Trinajstić information content (AvgIpc) is 3.22. The summed E-state index contributed by atoms with van der Waals surface area (Å²) in [6.07, 6.45) is -4.92. The van der Waals surface area contributed by atoms with Crippen LogP contribution in [0.2, 0.25) is 5.28 Å². The largest absolute Gasteiger partial charge is 0.387 e. The molecule has 4 rings (SSSR count). The van der Waals surface area contributed by atoms with Crippen LogP contribution in [-0.2, 0) is 19.0 Å². The number of fused-ring (bicyclic) bond motifs is 1. The van der Waals surface area contributed by atoms with E-state index >= 15 is 0 Å². The first-order chi connectivity index (χ1) is 14.2. The highest BCUT2D eigenvalue weighted by Crippen LogP contribution is 2.35. The van der Waals surface area contributed by atoms with Gasteiger partial charge in [0.25, 0.3) is 10.1 Å². The molecule has 1 aliphatic rings. The molecule has 0 unspecified atom stereocenters. The number of anilines is 1. The Morgan fingerprint density at radius 3 is 2.73 bits per heavy atom. The molecule has 3 aromatic rings. The molecule has 4 atom stereocenters. The predicted octanol–water partition coefficient (Wildman–Crippen LogP) is 1.37. The van der Waals surface area contributed by atoms with E-state index in [0.717, 1.165) is 5.56 Å². The summed E-state index contributed by atoms with van der Waals surface area (Å²) in [4.78, 5) is 11.7. The van der Waals surface area contributed by atoms with Gasteiger partial charge < -0.3 is 15.6 Å². The summed E-state index contributed by atoms with van der Waals surface area (Å²) >= 11 is 5.81. The smallest absolute Gasteiger partial charge is 0.297 e. The third-order valence-corrected chi connectivity index (χ3v) is 6.15. The highest BCUT2D eigenvalue weighted by Gasteiger charge is 2.46. The van der Waals surface area contributed by atoms with Gasteiger partial charge in [-0.05, 0) is 30.7 Å². The van der Waals surface area contributed by atoms with Gasteiger partial charge in [0.05, 0.1) is 17.8 Å². The second-order valence-corrected chi connectivity index (χ2v) is 8.71. The fraction of sp³-hybridized carbons (Fsp3) is 0.353. The van der Waals surface area contributed by atoms with Crippen molar-refractivity contribution in [2.24, 2.45) is 0 Å². The van der Waals surface area contributed by atoms with Gasteiger partial charge in [0.1, 0.15) is 17.7 Å². The lowest BCUT2D eigenvalue weighted by Crippen LogP contribution is -2.32. The van der Waals surface area contributed by atoms with Crippen molar-refractivity contribution < 1.29 is 26.8 Å². The van der Waals surface area contributed by atoms with Gasteiger partial charge in [-0.1, -0.05) is 17.7 Å². The van der Waals surface area contributed by atoms with Crippen molar-refractivity contribution in [1.82, 2.24) is 19.5 Å². The summed E-state index contributed by atoms with van der Waals surface area (Å²) in [6, 6.07) is 6.02. The lowest BCUT2D eigenvalue weighted by atomic mass is 10.1. The Morgan fingerprint density at radius 1 is 1.33 bits per heavy atom. The van der Waals surface area contributed by atoms with Crippen LogP contribution in [0.25, 0.3) is 11.2 Å². The summed E-state index contributed by atoms with van der Waals surface area (Å²) in [5.74, 6) is 0.00165. The van der Waals surface area contributed by atoms with E-state index in [-0.39, 0.29) is 27.2 Å². The first kappa shape index (κ1) is 20.9. The van der Waals surface area contributed by atoms with Gasteiger partial charge in [0.15, 0.2) is 23.9 Å². The van der Waals surface area contributed by atoms with Crippen LogP contribution in [0.1, 0.15) is 11.8 Å². The normalized spacial score (nSPS) is 24.5. The molecule has 0 bridgehead atoms. The Bertz CT molecular complexity index is 1190.